The van der Waals surface area contributed by atoms with Crippen LogP contribution in [0.4, 0.5) is 10.1 Å². The Labute approximate surface area is 101 Å². The Bertz CT molecular complexity index is 600. The van der Waals surface area contributed by atoms with E-state index in [4.69, 9.17) is 4.74 Å². The lowest BCUT2D eigenvalue weighted by Gasteiger charge is -2.06. The van der Waals surface area contributed by atoms with Crippen LogP contribution >= 0.6 is 0 Å². The zero-order valence-corrected chi connectivity index (χ0v) is 9.04. The molecule has 0 heterocycles. The highest BCUT2D eigenvalue weighted by molar-refractivity contribution is 5.49. The van der Waals surface area contributed by atoms with Crippen LogP contribution in [-0.2, 0) is 0 Å². The average molecular weight is 249 g/mol. The molecule has 0 aliphatic rings. The molecule has 2 aromatic rings. The van der Waals surface area contributed by atoms with Gasteiger partial charge in [0.1, 0.15) is 11.5 Å². The van der Waals surface area contributed by atoms with Gasteiger partial charge in [-0.25, -0.2) is 0 Å². The molecule has 0 unspecified atom stereocenters. The Hall–Kier alpha value is -2.63. The van der Waals surface area contributed by atoms with Gasteiger partial charge in [-0.3, -0.25) is 10.1 Å². The van der Waals surface area contributed by atoms with E-state index in [1.165, 1.54) is 36.4 Å². The van der Waals surface area contributed by atoms with Crippen molar-refractivity contribution in [3.63, 3.8) is 0 Å². The van der Waals surface area contributed by atoms with Crippen molar-refractivity contribution < 1.29 is 19.2 Å². The van der Waals surface area contributed by atoms with Crippen molar-refractivity contribution in [2.24, 2.45) is 0 Å². The van der Waals surface area contributed by atoms with Crippen LogP contribution in [0.3, 0.4) is 0 Å². The molecule has 92 valence electrons. The van der Waals surface area contributed by atoms with Gasteiger partial charge in [0, 0.05) is 6.07 Å². The summed E-state index contributed by atoms with van der Waals surface area (Å²) >= 11 is 0. The number of halogens is 1. The summed E-state index contributed by atoms with van der Waals surface area (Å²) in [5.41, 5.74) is -0.735. The highest BCUT2D eigenvalue weighted by atomic mass is 19.1. The van der Waals surface area contributed by atoms with Crippen LogP contribution in [0.1, 0.15) is 0 Å². The number of para-hydroxylation sites is 1. The van der Waals surface area contributed by atoms with Crippen LogP contribution in [0.5, 0.6) is 17.2 Å². The Kier molecular flexibility index (Phi) is 3.09. The van der Waals surface area contributed by atoms with Gasteiger partial charge in [-0.1, -0.05) is 12.1 Å². The number of nitro benzene ring substituents is 1. The Morgan fingerprint density at radius 1 is 1.22 bits per heavy atom. The molecule has 0 saturated carbocycles. The largest absolute Gasteiger partial charge is 0.508 e. The van der Waals surface area contributed by atoms with Gasteiger partial charge in [-0.05, 0) is 24.3 Å². The van der Waals surface area contributed by atoms with Crippen LogP contribution in [0.15, 0.2) is 42.5 Å². The first-order valence-electron chi connectivity index (χ1n) is 4.97. The molecule has 2 rings (SSSR count). The van der Waals surface area contributed by atoms with E-state index >= 15 is 0 Å². The highest BCUT2D eigenvalue weighted by Crippen LogP contribution is 2.34. The smallest absolute Gasteiger partial charge is 0.346 e. The van der Waals surface area contributed by atoms with Gasteiger partial charge in [0.15, 0.2) is 0 Å². The Morgan fingerprint density at radius 2 is 1.94 bits per heavy atom. The molecule has 0 bridgehead atoms. The lowest BCUT2D eigenvalue weighted by molar-refractivity contribution is -0.388. The average Bonchev–Trinajstić information content (AvgIpc) is 2.28. The first kappa shape index (κ1) is 11.8. The number of nitrogens with zero attached hydrogens (tertiary/aromatic N) is 1. The number of aromatic hydroxyl groups is 1. The number of hydrogen-bond acceptors (Lipinski definition) is 4. The van der Waals surface area contributed by atoms with Crippen molar-refractivity contribution >= 4 is 5.69 Å². The molecule has 5 nitrogen and oxygen atoms in total. The van der Waals surface area contributed by atoms with E-state index in [9.17, 15) is 19.6 Å². The molecule has 2 aromatic carbocycles. The molecule has 0 aromatic heterocycles. The minimum Gasteiger partial charge on any atom is -0.508 e. The van der Waals surface area contributed by atoms with Gasteiger partial charge in [-0.2, -0.15) is 4.39 Å². The van der Waals surface area contributed by atoms with Gasteiger partial charge in [0.25, 0.3) is 0 Å². The molecule has 0 atom stereocenters. The molecule has 18 heavy (non-hydrogen) atoms. The summed E-state index contributed by atoms with van der Waals surface area (Å²) in [5.74, 6) is -1.06. The van der Waals surface area contributed by atoms with Gasteiger partial charge < -0.3 is 9.84 Å². The molecule has 1 N–H and O–H groups in total. The zero-order valence-electron chi connectivity index (χ0n) is 9.04. The molecule has 0 amide bonds. The number of phenolic OH excluding ortho intramolecular Hbond substituents is 1. The van der Waals surface area contributed by atoms with Crippen molar-refractivity contribution in [3.05, 3.63) is 58.4 Å². The van der Waals surface area contributed by atoms with E-state index in [0.29, 0.717) is 0 Å². The number of nitro groups is 1. The number of phenols is 1. The predicted octanol–water partition coefficient (Wildman–Crippen LogP) is 3.23. The molecule has 0 aliphatic heterocycles. The third kappa shape index (κ3) is 2.37. The van der Waals surface area contributed by atoms with Gasteiger partial charge in [0.2, 0.25) is 11.6 Å². The fraction of sp³-hybridized carbons (Fsp3) is 0. The van der Waals surface area contributed by atoms with Crippen LogP contribution in [0.2, 0.25) is 0 Å². The van der Waals surface area contributed by atoms with E-state index in [1.807, 2.05) is 0 Å². The third-order valence-electron chi connectivity index (χ3n) is 2.18. The fourth-order valence-electron chi connectivity index (χ4n) is 1.43. The maximum atomic E-state index is 13.3. The van der Waals surface area contributed by atoms with Crippen molar-refractivity contribution in [2.75, 3.05) is 0 Å². The number of hydrogen-bond donors (Lipinski definition) is 1. The third-order valence-corrected chi connectivity index (χ3v) is 2.18. The summed E-state index contributed by atoms with van der Waals surface area (Å²) in [5, 5.41) is 20.0. The summed E-state index contributed by atoms with van der Waals surface area (Å²) < 4.78 is 18.5. The predicted molar refractivity (Wildman–Crippen MR) is 61.2 cm³/mol. The molecular weight excluding hydrogens is 241 g/mol. The molecular formula is C12H8FNO4. The van der Waals surface area contributed by atoms with Crippen molar-refractivity contribution in [3.8, 4) is 17.2 Å². The Balaban J connectivity index is 2.40. The van der Waals surface area contributed by atoms with E-state index in [0.717, 1.165) is 6.07 Å². The van der Waals surface area contributed by atoms with Gasteiger partial charge in [0.05, 0.1) is 4.92 Å². The van der Waals surface area contributed by atoms with Crippen molar-refractivity contribution in [1.82, 2.24) is 0 Å². The molecule has 0 saturated heterocycles. The lowest BCUT2D eigenvalue weighted by Crippen LogP contribution is -1.96. The summed E-state index contributed by atoms with van der Waals surface area (Å²) in [4.78, 5) is 9.88. The van der Waals surface area contributed by atoms with Crippen LogP contribution < -0.4 is 4.74 Å². The second-order valence-electron chi connectivity index (χ2n) is 3.44. The SMILES string of the molecule is O=[N+]([O-])c1c(F)cccc1Oc1cccc(O)c1. The minimum absolute atomic E-state index is 0.0495. The van der Waals surface area contributed by atoms with Gasteiger partial charge in [-0.15, -0.1) is 0 Å². The lowest BCUT2D eigenvalue weighted by atomic mass is 10.2. The zero-order chi connectivity index (χ0) is 13.1. The van der Waals surface area contributed by atoms with Crippen LogP contribution in [0.25, 0.3) is 0 Å². The first-order chi connectivity index (χ1) is 8.58. The topological polar surface area (TPSA) is 72.6 Å². The van der Waals surface area contributed by atoms with E-state index in [-0.39, 0.29) is 17.2 Å². The molecule has 0 fully saturated rings. The molecule has 6 heteroatoms. The summed E-state index contributed by atoms with van der Waals surface area (Å²) in [6.07, 6.45) is 0. The van der Waals surface area contributed by atoms with Crippen molar-refractivity contribution in [2.45, 2.75) is 0 Å². The maximum absolute atomic E-state index is 13.3. The number of ether oxygens (including phenoxy) is 1. The highest BCUT2D eigenvalue weighted by Gasteiger charge is 2.21. The maximum Gasteiger partial charge on any atom is 0.346 e. The van der Waals surface area contributed by atoms with Crippen molar-refractivity contribution in [1.29, 1.82) is 0 Å². The van der Waals surface area contributed by atoms with E-state index in [2.05, 4.69) is 0 Å². The number of benzene rings is 2. The normalized spacial score (nSPS) is 10.1. The minimum atomic E-state index is -0.974. The monoisotopic (exact) mass is 249 g/mol. The number of rotatable bonds is 3. The summed E-state index contributed by atoms with van der Waals surface area (Å²) in [7, 11) is 0. The summed E-state index contributed by atoms with van der Waals surface area (Å²) in [6.45, 7) is 0. The molecule has 0 aliphatic carbocycles. The quantitative estimate of drug-likeness (QED) is 0.669. The van der Waals surface area contributed by atoms with E-state index in [1.54, 1.807) is 0 Å². The van der Waals surface area contributed by atoms with Crippen LogP contribution in [-0.4, -0.2) is 10.0 Å². The Morgan fingerprint density at radius 3 is 2.61 bits per heavy atom. The standard InChI is InChI=1S/C12H8FNO4/c13-10-5-2-6-11(12(10)14(16)17)18-9-4-1-3-8(15)7-9/h1-7,15H. The second-order valence-corrected chi connectivity index (χ2v) is 3.44. The fourth-order valence-corrected chi connectivity index (χ4v) is 1.43. The van der Waals surface area contributed by atoms with Crippen LogP contribution in [0, 0.1) is 15.9 Å². The molecule has 0 radical (unpaired) electrons. The second kappa shape index (κ2) is 4.70. The van der Waals surface area contributed by atoms with E-state index < -0.39 is 16.4 Å². The van der Waals surface area contributed by atoms with Gasteiger partial charge >= 0.3 is 5.69 Å². The first-order valence-corrected chi connectivity index (χ1v) is 4.97. The molecule has 0 spiro atoms. The summed E-state index contributed by atoms with van der Waals surface area (Å²) in [6, 6.07) is 9.27.